The van der Waals surface area contributed by atoms with E-state index < -0.39 is 0 Å². The van der Waals surface area contributed by atoms with Crippen LogP contribution >= 0.6 is 11.3 Å². The quantitative estimate of drug-likeness (QED) is 0.801. The van der Waals surface area contributed by atoms with Crippen LogP contribution in [0.3, 0.4) is 0 Å². The van der Waals surface area contributed by atoms with Crippen LogP contribution < -0.4 is 4.74 Å². The fraction of sp³-hybridized carbons (Fsp3) is 0.500. The number of pyridine rings is 1. The molecule has 6 heteroatoms. The molecule has 0 unspecified atom stereocenters. The summed E-state index contributed by atoms with van der Waals surface area (Å²) < 4.78 is 5.72. The lowest BCUT2D eigenvalue weighted by Crippen LogP contribution is -2.34. The summed E-state index contributed by atoms with van der Waals surface area (Å²) >= 11 is 1.65. The molecule has 2 aromatic heterocycles. The van der Waals surface area contributed by atoms with Gasteiger partial charge < -0.3 is 9.64 Å². The van der Waals surface area contributed by atoms with Gasteiger partial charge in [0.05, 0.1) is 22.4 Å². The highest BCUT2D eigenvalue weighted by Crippen LogP contribution is 2.26. The molecular formula is C18H25N3O2S. The predicted molar refractivity (Wildman–Crippen MR) is 96.6 cm³/mol. The van der Waals surface area contributed by atoms with Gasteiger partial charge in [0.15, 0.2) is 6.61 Å². The van der Waals surface area contributed by atoms with Crippen molar-refractivity contribution < 1.29 is 9.53 Å². The number of hydrogen-bond donors (Lipinski definition) is 0. The van der Waals surface area contributed by atoms with Gasteiger partial charge in [-0.05, 0) is 46.2 Å². The number of ether oxygens (including phenoxy) is 1. The first-order valence-corrected chi connectivity index (χ1v) is 8.94. The monoisotopic (exact) mass is 347 g/mol. The SMILES string of the molecule is CCc1nc(C)ccc1OCC(=O)N(C)[C@@H](C)c1nc(C)sc1C. The Hall–Kier alpha value is -1.95. The molecule has 0 aliphatic rings. The molecule has 0 fully saturated rings. The van der Waals surface area contributed by atoms with Crippen molar-refractivity contribution in [2.75, 3.05) is 13.7 Å². The number of aryl methyl sites for hydroxylation is 4. The minimum absolute atomic E-state index is 0.000742. The van der Waals surface area contributed by atoms with E-state index in [1.807, 2.05) is 46.8 Å². The van der Waals surface area contributed by atoms with E-state index >= 15 is 0 Å². The Kier molecular flexibility index (Phi) is 5.94. The normalized spacial score (nSPS) is 12.1. The van der Waals surface area contributed by atoms with E-state index in [0.717, 1.165) is 33.4 Å². The topological polar surface area (TPSA) is 55.3 Å². The Morgan fingerprint density at radius 1 is 1.29 bits per heavy atom. The first kappa shape index (κ1) is 18.4. The summed E-state index contributed by atoms with van der Waals surface area (Å²) in [5.41, 5.74) is 2.79. The Morgan fingerprint density at radius 2 is 2.00 bits per heavy atom. The van der Waals surface area contributed by atoms with Crippen LogP contribution in [0.15, 0.2) is 12.1 Å². The van der Waals surface area contributed by atoms with Gasteiger partial charge in [-0.1, -0.05) is 6.92 Å². The van der Waals surface area contributed by atoms with Gasteiger partial charge in [-0.3, -0.25) is 9.78 Å². The van der Waals surface area contributed by atoms with E-state index in [-0.39, 0.29) is 18.6 Å². The van der Waals surface area contributed by atoms with Crippen LogP contribution in [-0.2, 0) is 11.2 Å². The highest BCUT2D eigenvalue weighted by molar-refractivity contribution is 7.11. The number of hydrogen-bond acceptors (Lipinski definition) is 5. The summed E-state index contributed by atoms with van der Waals surface area (Å²) in [7, 11) is 1.79. The zero-order chi connectivity index (χ0) is 17.9. The minimum Gasteiger partial charge on any atom is -0.482 e. The van der Waals surface area contributed by atoms with Crippen molar-refractivity contribution in [2.45, 2.75) is 47.1 Å². The number of thiazole rings is 1. The molecule has 0 saturated heterocycles. The molecule has 0 saturated carbocycles. The molecule has 2 rings (SSSR count). The van der Waals surface area contributed by atoms with Crippen molar-refractivity contribution in [1.29, 1.82) is 0 Å². The van der Waals surface area contributed by atoms with E-state index in [4.69, 9.17) is 4.74 Å². The molecule has 0 spiro atoms. The van der Waals surface area contributed by atoms with E-state index in [1.54, 1.807) is 23.3 Å². The maximum absolute atomic E-state index is 12.5. The molecule has 130 valence electrons. The number of likely N-dealkylation sites (N-methyl/N-ethyl adjacent to an activating group) is 1. The van der Waals surface area contributed by atoms with E-state index in [1.165, 1.54) is 0 Å². The summed E-state index contributed by atoms with van der Waals surface area (Å²) in [6.07, 6.45) is 0.773. The molecule has 0 aliphatic heterocycles. The molecular weight excluding hydrogens is 322 g/mol. The molecule has 5 nitrogen and oxygen atoms in total. The molecule has 24 heavy (non-hydrogen) atoms. The fourth-order valence-corrected chi connectivity index (χ4v) is 3.46. The molecule has 0 N–H and O–H groups in total. The lowest BCUT2D eigenvalue weighted by Gasteiger charge is -2.24. The standard InChI is InChI=1S/C18H25N3O2S/c1-7-15-16(9-8-11(2)19-15)23-10-17(22)21(6)12(3)18-13(4)24-14(5)20-18/h8-9,12H,7,10H2,1-6H3/t12-/m0/s1. The Morgan fingerprint density at radius 3 is 2.58 bits per heavy atom. The second-order valence-corrected chi connectivity index (χ2v) is 7.30. The van der Waals surface area contributed by atoms with Gasteiger partial charge in [0.25, 0.3) is 5.91 Å². The summed E-state index contributed by atoms with van der Waals surface area (Å²) in [5.74, 6) is 0.605. The molecule has 1 amide bonds. The van der Waals surface area contributed by atoms with Crippen LogP contribution in [0.5, 0.6) is 5.75 Å². The number of aromatic nitrogens is 2. The highest BCUT2D eigenvalue weighted by atomic mass is 32.1. The zero-order valence-corrected chi connectivity index (χ0v) is 16.0. The molecule has 2 heterocycles. The number of amides is 1. The van der Waals surface area contributed by atoms with E-state index in [9.17, 15) is 4.79 Å². The van der Waals surface area contributed by atoms with Crippen LogP contribution in [0.1, 0.15) is 46.9 Å². The fourth-order valence-electron chi connectivity index (χ4n) is 2.56. The lowest BCUT2D eigenvalue weighted by molar-refractivity contribution is -0.134. The van der Waals surface area contributed by atoms with Crippen LogP contribution in [0.25, 0.3) is 0 Å². The second-order valence-electron chi connectivity index (χ2n) is 5.89. The molecule has 0 aliphatic carbocycles. The van der Waals surface area contributed by atoms with Gasteiger partial charge in [-0.15, -0.1) is 11.3 Å². The first-order valence-electron chi connectivity index (χ1n) is 8.12. The molecule has 0 radical (unpaired) electrons. The third-order valence-corrected chi connectivity index (χ3v) is 4.97. The van der Waals surface area contributed by atoms with E-state index in [0.29, 0.717) is 5.75 Å². The number of nitrogens with zero attached hydrogens (tertiary/aromatic N) is 3. The molecule has 0 aromatic carbocycles. The van der Waals surface area contributed by atoms with Gasteiger partial charge in [0.2, 0.25) is 0 Å². The zero-order valence-electron chi connectivity index (χ0n) is 15.2. The second kappa shape index (κ2) is 7.75. The van der Waals surface area contributed by atoms with Gasteiger partial charge >= 0.3 is 0 Å². The smallest absolute Gasteiger partial charge is 0.260 e. The molecule has 1 atom stereocenters. The number of carbonyl (C=O) groups excluding carboxylic acids is 1. The number of carbonyl (C=O) groups is 1. The largest absolute Gasteiger partial charge is 0.482 e. The minimum atomic E-state index is -0.0761. The van der Waals surface area contributed by atoms with Gasteiger partial charge in [0, 0.05) is 17.6 Å². The van der Waals surface area contributed by atoms with Crippen LogP contribution in [0, 0.1) is 20.8 Å². The average Bonchev–Trinajstić information content (AvgIpc) is 2.90. The summed E-state index contributed by atoms with van der Waals surface area (Å²) in [4.78, 5) is 24.3. The van der Waals surface area contributed by atoms with E-state index in [2.05, 4.69) is 9.97 Å². The van der Waals surface area contributed by atoms with Crippen LogP contribution in [-0.4, -0.2) is 34.4 Å². The van der Waals surface area contributed by atoms with Gasteiger partial charge in [-0.25, -0.2) is 4.98 Å². The Balaban J connectivity index is 2.03. The maximum Gasteiger partial charge on any atom is 0.260 e. The van der Waals surface area contributed by atoms with Crippen molar-refractivity contribution in [3.8, 4) is 5.75 Å². The maximum atomic E-state index is 12.5. The van der Waals surface area contributed by atoms with Gasteiger partial charge in [-0.2, -0.15) is 0 Å². The predicted octanol–water partition coefficient (Wildman–Crippen LogP) is 3.62. The van der Waals surface area contributed by atoms with Crippen molar-refractivity contribution in [1.82, 2.24) is 14.9 Å². The van der Waals surface area contributed by atoms with Crippen molar-refractivity contribution in [3.63, 3.8) is 0 Å². The van der Waals surface area contributed by atoms with Crippen molar-refractivity contribution in [3.05, 3.63) is 39.1 Å². The third kappa shape index (κ3) is 4.12. The summed E-state index contributed by atoms with van der Waals surface area (Å²) in [6, 6.07) is 3.70. The van der Waals surface area contributed by atoms with Crippen LogP contribution in [0.2, 0.25) is 0 Å². The van der Waals surface area contributed by atoms with Crippen molar-refractivity contribution >= 4 is 17.2 Å². The van der Waals surface area contributed by atoms with Gasteiger partial charge in [0.1, 0.15) is 5.75 Å². The summed E-state index contributed by atoms with van der Waals surface area (Å²) in [6.45, 7) is 9.98. The number of rotatable bonds is 6. The Labute approximate surface area is 147 Å². The van der Waals surface area contributed by atoms with Crippen LogP contribution in [0.4, 0.5) is 0 Å². The first-order chi connectivity index (χ1) is 11.3. The molecule has 0 bridgehead atoms. The molecule has 2 aromatic rings. The lowest BCUT2D eigenvalue weighted by atomic mass is 10.2. The highest BCUT2D eigenvalue weighted by Gasteiger charge is 2.22. The Bertz CT molecular complexity index is 727. The summed E-state index contributed by atoms with van der Waals surface area (Å²) in [5, 5.41) is 1.02. The average molecular weight is 347 g/mol. The van der Waals surface area contributed by atoms with Crippen molar-refractivity contribution in [2.24, 2.45) is 0 Å². The third-order valence-electron chi connectivity index (χ3n) is 4.07.